The van der Waals surface area contributed by atoms with Crippen LogP contribution in [0.15, 0.2) is 27.4 Å². The molecule has 1 aromatic carbocycles. The van der Waals surface area contributed by atoms with E-state index < -0.39 is 0 Å². The number of benzene rings is 1. The molecule has 0 radical (unpaired) electrons. The van der Waals surface area contributed by atoms with Gasteiger partial charge in [0.05, 0.1) is 6.10 Å². The smallest absolute Gasteiger partial charge is 0.225 e. The molecule has 0 bridgehead atoms. The summed E-state index contributed by atoms with van der Waals surface area (Å²) in [5, 5.41) is 0. The first-order chi connectivity index (χ1) is 10.6. The van der Waals surface area contributed by atoms with Gasteiger partial charge in [-0.3, -0.25) is 9.15 Å². The quantitative estimate of drug-likeness (QED) is 0.478. The maximum absolute atomic E-state index is 5.84. The van der Waals surface area contributed by atoms with E-state index in [0.717, 1.165) is 37.0 Å². The van der Waals surface area contributed by atoms with Crippen molar-refractivity contribution in [3.8, 4) is 0 Å². The molecule has 1 heterocycles. The Bertz CT molecular complexity index is 518. The zero-order valence-corrected chi connectivity index (χ0v) is 15.0. The lowest BCUT2D eigenvalue weighted by atomic mass is 9.88. The Morgan fingerprint density at radius 1 is 1.04 bits per heavy atom. The molecule has 2 aromatic rings. The van der Waals surface area contributed by atoms with Gasteiger partial charge in [-0.2, -0.15) is 0 Å². The van der Waals surface area contributed by atoms with Crippen molar-refractivity contribution >= 4 is 11.2 Å². The highest BCUT2D eigenvalue weighted by Gasteiger charge is 2.17. The minimum absolute atomic E-state index is 0. The van der Waals surface area contributed by atoms with E-state index >= 15 is 0 Å². The highest BCUT2D eigenvalue weighted by Crippen LogP contribution is 2.30. The van der Waals surface area contributed by atoms with Crippen molar-refractivity contribution in [2.24, 2.45) is 5.92 Å². The number of hydrogen-bond donors (Lipinski definition) is 0. The van der Waals surface area contributed by atoms with Crippen LogP contribution in [-0.2, 0) is 4.74 Å². The Balaban J connectivity index is 0. The zero-order valence-electron chi connectivity index (χ0n) is 15.0. The van der Waals surface area contributed by atoms with E-state index in [4.69, 9.17) is 13.9 Å². The van der Waals surface area contributed by atoms with Crippen LogP contribution >= 0.6 is 0 Å². The van der Waals surface area contributed by atoms with E-state index in [1.165, 1.54) is 5.56 Å². The summed E-state index contributed by atoms with van der Waals surface area (Å²) in [6, 6.07) is 6.25. The summed E-state index contributed by atoms with van der Waals surface area (Å²) in [4.78, 5) is 0. The minimum atomic E-state index is 0. The molecule has 23 heavy (non-hydrogen) atoms. The summed E-state index contributed by atoms with van der Waals surface area (Å²) in [5.41, 5.74) is 3.05. The second-order valence-corrected chi connectivity index (χ2v) is 5.87. The number of fused-ring (bicyclic) bond motifs is 1. The Morgan fingerprint density at radius 3 is 2.17 bits per heavy atom. The molecule has 0 N–H and O–H groups in total. The number of rotatable bonds is 8. The lowest BCUT2D eigenvalue weighted by Gasteiger charge is -2.21. The molecule has 0 saturated heterocycles. The maximum Gasteiger partial charge on any atom is 0.225 e. The van der Waals surface area contributed by atoms with Gasteiger partial charge in [0.2, 0.25) is 11.2 Å². The van der Waals surface area contributed by atoms with Crippen molar-refractivity contribution in [2.75, 3.05) is 6.61 Å². The van der Waals surface area contributed by atoms with Crippen molar-refractivity contribution in [1.82, 2.24) is 0 Å². The molecule has 0 aliphatic heterocycles. The SMILES string of the molecule is C.CC.CCC(C)OCC(C)C[C@H](CC)c1ccc2ooc2c1.[HH]. The van der Waals surface area contributed by atoms with Crippen molar-refractivity contribution in [3.63, 3.8) is 0 Å². The fourth-order valence-electron chi connectivity index (χ4n) is 2.51. The molecule has 1 aromatic heterocycles. The Hall–Kier alpha value is -1.22. The summed E-state index contributed by atoms with van der Waals surface area (Å²) < 4.78 is 15.7. The van der Waals surface area contributed by atoms with Crippen molar-refractivity contribution < 1.29 is 15.3 Å². The first-order valence-corrected chi connectivity index (χ1v) is 8.74. The molecule has 3 nitrogen and oxygen atoms in total. The van der Waals surface area contributed by atoms with Gasteiger partial charge < -0.3 is 4.74 Å². The lowest BCUT2D eigenvalue weighted by molar-refractivity contribution is 0.0384. The summed E-state index contributed by atoms with van der Waals surface area (Å²) in [7, 11) is 0. The van der Waals surface area contributed by atoms with E-state index in [-0.39, 0.29) is 8.85 Å². The highest BCUT2D eigenvalue weighted by atomic mass is 17.0. The normalized spacial score (nSPS) is 14.5. The second-order valence-electron chi connectivity index (χ2n) is 5.87. The van der Waals surface area contributed by atoms with Gasteiger partial charge in [-0.05, 0) is 55.7 Å². The van der Waals surface area contributed by atoms with Gasteiger partial charge in [-0.1, -0.05) is 48.1 Å². The molecule has 0 aliphatic carbocycles. The predicted octanol–water partition coefficient (Wildman–Crippen LogP) is 7.27. The fourth-order valence-corrected chi connectivity index (χ4v) is 2.51. The Morgan fingerprint density at radius 2 is 1.70 bits per heavy atom. The highest BCUT2D eigenvalue weighted by molar-refractivity contribution is 5.71. The number of ether oxygens (including phenoxy) is 1. The molecular weight excluding hydrogens is 288 g/mol. The van der Waals surface area contributed by atoms with Gasteiger partial charge >= 0.3 is 0 Å². The third kappa shape index (κ3) is 6.42. The average Bonchev–Trinajstić information content (AvgIpc) is 2.53. The van der Waals surface area contributed by atoms with Crippen LogP contribution in [0.4, 0.5) is 0 Å². The molecule has 0 aliphatic rings. The molecule has 3 heteroatoms. The second kappa shape index (κ2) is 11.3. The molecule has 0 amide bonds. The van der Waals surface area contributed by atoms with Gasteiger partial charge in [-0.25, -0.2) is 0 Å². The summed E-state index contributed by atoms with van der Waals surface area (Å²) in [6.07, 6.45) is 3.71. The monoisotopic (exact) mass is 326 g/mol. The zero-order chi connectivity index (χ0) is 16.5. The molecule has 136 valence electrons. The molecular formula is C20H38O3. The third-order valence-electron chi connectivity index (χ3n) is 4.08. The minimum Gasteiger partial charge on any atom is -0.378 e. The Labute approximate surface area is 143 Å². The first kappa shape index (κ1) is 21.8. The third-order valence-corrected chi connectivity index (χ3v) is 4.08. The van der Waals surface area contributed by atoms with E-state index in [2.05, 4.69) is 39.8 Å². The van der Waals surface area contributed by atoms with E-state index in [1.54, 1.807) is 0 Å². The van der Waals surface area contributed by atoms with Crippen molar-refractivity contribution in [3.05, 3.63) is 23.8 Å². The Kier molecular flexibility index (Phi) is 10.7. The predicted molar refractivity (Wildman–Crippen MR) is 101 cm³/mol. The van der Waals surface area contributed by atoms with Gasteiger partial charge in [0.25, 0.3) is 0 Å². The van der Waals surface area contributed by atoms with Crippen LogP contribution < -0.4 is 0 Å². The van der Waals surface area contributed by atoms with Crippen LogP contribution in [0.1, 0.15) is 81.1 Å². The fraction of sp³-hybridized carbons (Fsp3) is 0.700. The van der Waals surface area contributed by atoms with Crippen LogP contribution in [0, 0.1) is 5.92 Å². The first-order valence-electron chi connectivity index (χ1n) is 8.74. The standard InChI is InChI=1S/C17H26O3.C2H6.CH4.H2/c1-5-13(4)18-11-12(3)9-14(6-2)15-7-8-16-17(10-15)20-19-16;1-2;;/h7-8,10,12-14H,5-6,9,11H2,1-4H3;1-2H3;1H4;1H/t12?,13?,14-;;;/m0.../s1. The maximum atomic E-state index is 5.84. The lowest BCUT2D eigenvalue weighted by Crippen LogP contribution is -2.15. The topological polar surface area (TPSA) is 35.5 Å². The van der Waals surface area contributed by atoms with Crippen LogP contribution in [-0.4, -0.2) is 12.7 Å². The van der Waals surface area contributed by atoms with Crippen LogP contribution in [0.3, 0.4) is 0 Å². The van der Waals surface area contributed by atoms with Crippen molar-refractivity contribution in [2.45, 2.75) is 80.3 Å². The molecule has 0 fully saturated rings. The van der Waals surface area contributed by atoms with E-state index in [1.807, 2.05) is 19.9 Å². The van der Waals surface area contributed by atoms with E-state index in [9.17, 15) is 0 Å². The number of hydrogen-bond acceptors (Lipinski definition) is 3. The van der Waals surface area contributed by atoms with Crippen LogP contribution in [0.5, 0.6) is 0 Å². The van der Waals surface area contributed by atoms with Crippen molar-refractivity contribution in [1.29, 1.82) is 0 Å². The summed E-state index contributed by atoms with van der Waals surface area (Å²) >= 11 is 0. The van der Waals surface area contributed by atoms with Crippen LogP contribution in [0.2, 0.25) is 0 Å². The largest absolute Gasteiger partial charge is 0.378 e. The van der Waals surface area contributed by atoms with E-state index in [0.29, 0.717) is 17.9 Å². The summed E-state index contributed by atoms with van der Waals surface area (Å²) in [5.74, 6) is 1.12. The molecule has 3 atom stereocenters. The molecule has 0 spiro atoms. The molecule has 2 rings (SSSR count). The van der Waals surface area contributed by atoms with Gasteiger partial charge in [0.1, 0.15) is 0 Å². The van der Waals surface area contributed by atoms with Gasteiger partial charge in [0, 0.05) is 8.03 Å². The summed E-state index contributed by atoms with van der Waals surface area (Å²) in [6.45, 7) is 13.7. The van der Waals surface area contributed by atoms with Gasteiger partial charge in [-0.15, -0.1) is 0 Å². The van der Waals surface area contributed by atoms with Crippen LogP contribution in [0.25, 0.3) is 11.2 Å². The van der Waals surface area contributed by atoms with Gasteiger partial charge in [0.15, 0.2) is 0 Å². The molecule has 0 saturated carbocycles. The average molecular weight is 327 g/mol. The molecule has 2 unspecified atom stereocenters.